The highest BCUT2D eigenvalue weighted by atomic mass is 35.5. The van der Waals surface area contributed by atoms with E-state index in [4.69, 9.17) is 11.6 Å². The molecule has 0 fully saturated rings. The van der Waals surface area contributed by atoms with E-state index in [1.807, 2.05) is 38.1 Å². The Bertz CT molecular complexity index is 511. The molecule has 90 valence electrons. The molecule has 0 saturated heterocycles. The summed E-state index contributed by atoms with van der Waals surface area (Å²) in [5.74, 6) is 0.848. The van der Waals surface area contributed by atoms with Crippen LogP contribution in [0.1, 0.15) is 19.0 Å². The molecule has 0 radical (unpaired) electrons. The zero-order valence-corrected chi connectivity index (χ0v) is 10.8. The quantitative estimate of drug-likeness (QED) is 0.845. The number of benzene rings is 1. The van der Waals surface area contributed by atoms with Gasteiger partial charge < -0.3 is 5.32 Å². The molecule has 3 nitrogen and oxygen atoms in total. The second kappa shape index (κ2) is 5.32. The molecule has 1 N–H and O–H groups in total. The minimum atomic E-state index is 0.177. The SMILES string of the molecule is Cc1nc2ccccc2nc1NCCC(C)Cl. The summed E-state index contributed by atoms with van der Waals surface area (Å²) in [6.07, 6.45) is 0.912. The molecule has 0 spiro atoms. The number of aromatic nitrogens is 2. The molecular weight excluding hydrogens is 234 g/mol. The van der Waals surface area contributed by atoms with Crippen molar-refractivity contribution in [2.45, 2.75) is 25.6 Å². The number of anilines is 1. The number of para-hydroxylation sites is 2. The Morgan fingerprint density at radius 1 is 1.24 bits per heavy atom. The molecule has 0 amide bonds. The first-order valence-corrected chi connectivity index (χ1v) is 6.22. The number of nitrogens with zero attached hydrogens (tertiary/aromatic N) is 2. The maximum absolute atomic E-state index is 5.90. The number of halogens is 1. The van der Waals surface area contributed by atoms with E-state index in [-0.39, 0.29) is 5.38 Å². The predicted octanol–water partition coefficient (Wildman–Crippen LogP) is 3.37. The monoisotopic (exact) mass is 249 g/mol. The second-order valence-electron chi connectivity index (χ2n) is 4.14. The van der Waals surface area contributed by atoms with Crippen molar-refractivity contribution >= 4 is 28.5 Å². The fourth-order valence-corrected chi connectivity index (χ4v) is 1.75. The smallest absolute Gasteiger partial charge is 0.148 e. The molecule has 4 heteroatoms. The Hall–Kier alpha value is -1.35. The first-order valence-electron chi connectivity index (χ1n) is 5.78. The Kier molecular flexibility index (Phi) is 3.79. The summed E-state index contributed by atoms with van der Waals surface area (Å²) in [6.45, 7) is 4.77. The lowest BCUT2D eigenvalue weighted by molar-refractivity contribution is 0.838. The molecule has 1 aromatic heterocycles. The maximum atomic E-state index is 5.90. The van der Waals surface area contributed by atoms with E-state index in [1.54, 1.807) is 0 Å². The fraction of sp³-hybridized carbons (Fsp3) is 0.385. The topological polar surface area (TPSA) is 37.8 Å². The van der Waals surface area contributed by atoms with Crippen LogP contribution in [-0.2, 0) is 0 Å². The van der Waals surface area contributed by atoms with Gasteiger partial charge in [0.2, 0.25) is 0 Å². The minimum absolute atomic E-state index is 0.177. The first-order chi connectivity index (χ1) is 8.16. The van der Waals surface area contributed by atoms with Crippen molar-refractivity contribution in [2.75, 3.05) is 11.9 Å². The largest absolute Gasteiger partial charge is 0.368 e. The molecule has 0 saturated carbocycles. The number of rotatable bonds is 4. The van der Waals surface area contributed by atoms with Crippen molar-refractivity contribution < 1.29 is 0 Å². The predicted molar refractivity (Wildman–Crippen MR) is 72.7 cm³/mol. The van der Waals surface area contributed by atoms with Crippen molar-refractivity contribution in [1.82, 2.24) is 9.97 Å². The number of aryl methyl sites for hydroxylation is 1. The van der Waals surface area contributed by atoms with Crippen LogP contribution in [0.5, 0.6) is 0 Å². The molecule has 2 aromatic rings. The van der Waals surface area contributed by atoms with Gasteiger partial charge in [-0.1, -0.05) is 12.1 Å². The molecule has 0 aliphatic rings. The van der Waals surface area contributed by atoms with Crippen LogP contribution >= 0.6 is 11.6 Å². The van der Waals surface area contributed by atoms with Crippen molar-refractivity contribution in [3.8, 4) is 0 Å². The molecule has 1 heterocycles. The standard InChI is InChI=1S/C13H16ClN3/c1-9(14)7-8-15-13-10(2)16-11-5-3-4-6-12(11)17-13/h3-6,9H,7-8H2,1-2H3,(H,15,17). The fourth-order valence-electron chi connectivity index (χ4n) is 1.65. The van der Waals surface area contributed by atoms with Crippen molar-refractivity contribution in [3.05, 3.63) is 30.0 Å². The van der Waals surface area contributed by atoms with Gasteiger partial charge in [0, 0.05) is 11.9 Å². The Morgan fingerprint density at radius 2 is 1.88 bits per heavy atom. The van der Waals surface area contributed by atoms with E-state index in [0.717, 1.165) is 35.5 Å². The molecule has 1 atom stereocenters. The van der Waals surface area contributed by atoms with Gasteiger partial charge in [0.15, 0.2) is 0 Å². The van der Waals surface area contributed by atoms with Crippen LogP contribution in [0.3, 0.4) is 0 Å². The summed E-state index contributed by atoms with van der Waals surface area (Å²) >= 11 is 5.90. The van der Waals surface area contributed by atoms with Crippen LogP contribution in [0.2, 0.25) is 0 Å². The van der Waals surface area contributed by atoms with Gasteiger partial charge in [-0.15, -0.1) is 11.6 Å². The number of hydrogen-bond acceptors (Lipinski definition) is 3. The van der Waals surface area contributed by atoms with E-state index in [0.29, 0.717) is 0 Å². The molecule has 2 rings (SSSR count). The van der Waals surface area contributed by atoms with E-state index in [2.05, 4.69) is 15.3 Å². The van der Waals surface area contributed by atoms with Crippen LogP contribution in [0.25, 0.3) is 11.0 Å². The molecule has 0 aliphatic carbocycles. The van der Waals surface area contributed by atoms with Crippen LogP contribution < -0.4 is 5.32 Å². The third kappa shape index (κ3) is 3.07. The van der Waals surface area contributed by atoms with Crippen LogP contribution in [0.15, 0.2) is 24.3 Å². The van der Waals surface area contributed by atoms with Gasteiger partial charge in [0.25, 0.3) is 0 Å². The molecule has 0 aliphatic heterocycles. The molecule has 17 heavy (non-hydrogen) atoms. The molecule has 1 aromatic carbocycles. The van der Waals surface area contributed by atoms with E-state index >= 15 is 0 Å². The highest BCUT2D eigenvalue weighted by Gasteiger charge is 2.04. The van der Waals surface area contributed by atoms with Crippen LogP contribution in [0.4, 0.5) is 5.82 Å². The zero-order chi connectivity index (χ0) is 12.3. The zero-order valence-electron chi connectivity index (χ0n) is 10.1. The third-order valence-corrected chi connectivity index (χ3v) is 2.80. The normalized spacial score (nSPS) is 12.6. The molecule has 1 unspecified atom stereocenters. The number of alkyl halides is 1. The maximum Gasteiger partial charge on any atom is 0.148 e. The summed E-state index contributed by atoms with van der Waals surface area (Å²) in [4.78, 5) is 9.07. The van der Waals surface area contributed by atoms with Crippen LogP contribution in [-0.4, -0.2) is 21.9 Å². The summed E-state index contributed by atoms with van der Waals surface area (Å²) in [5, 5.41) is 3.46. The number of nitrogens with one attached hydrogen (secondary N) is 1. The van der Waals surface area contributed by atoms with E-state index < -0.39 is 0 Å². The molecule has 0 bridgehead atoms. The Morgan fingerprint density at radius 3 is 2.53 bits per heavy atom. The van der Waals surface area contributed by atoms with Gasteiger partial charge in [-0.3, -0.25) is 0 Å². The van der Waals surface area contributed by atoms with Crippen LogP contribution in [0, 0.1) is 6.92 Å². The summed E-state index contributed by atoms with van der Waals surface area (Å²) in [6, 6.07) is 7.88. The Labute approximate surface area is 106 Å². The summed E-state index contributed by atoms with van der Waals surface area (Å²) in [5.41, 5.74) is 2.77. The van der Waals surface area contributed by atoms with Gasteiger partial charge >= 0.3 is 0 Å². The minimum Gasteiger partial charge on any atom is -0.368 e. The lowest BCUT2D eigenvalue weighted by Crippen LogP contribution is -2.09. The average molecular weight is 250 g/mol. The van der Waals surface area contributed by atoms with E-state index in [9.17, 15) is 0 Å². The number of hydrogen-bond donors (Lipinski definition) is 1. The first kappa shape index (κ1) is 12.1. The summed E-state index contributed by atoms with van der Waals surface area (Å²) in [7, 11) is 0. The number of fused-ring (bicyclic) bond motifs is 1. The van der Waals surface area contributed by atoms with Gasteiger partial charge in [-0.25, -0.2) is 9.97 Å². The third-order valence-electron chi connectivity index (χ3n) is 2.58. The highest BCUT2D eigenvalue weighted by molar-refractivity contribution is 6.20. The summed E-state index contributed by atoms with van der Waals surface area (Å²) < 4.78 is 0. The average Bonchev–Trinajstić information content (AvgIpc) is 2.29. The van der Waals surface area contributed by atoms with Crippen molar-refractivity contribution in [1.29, 1.82) is 0 Å². The van der Waals surface area contributed by atoms with Crippen molar-refractivity contribution in [2.24, 2.45) is 0 Å². The van der Waals surface area contributed by atoms with Gasteiger partial charge in [-0.2, -0.15) is 0 Å². The molecular formula is C13H16ClN3. The van der Waals surface area contributed by atoms with Gasteiger partial charge in [-0.05, 0) is 32.4 Å². The van der Waals surface area contributed by atoms with Gasteiger partial charge in [0.05, 0.1) is 16.7 Å². The highest BCUT2D eigenvalue weighted by Crippen LogP contribution is 2.16. The van der Waals surface area contributed by atoms with E-state index in [1.165, 1.54) is 0 Å². The van der Waals surface area contributed by atoms with Crippen molar-refractivity contribution in [3.63, 3.8) is 0 Å². The lowest BCUT2D eigenvalue weighted by atomic mass is 10.3. The lowest BCUT2D eigenvalue weighted by Gasteiger charge is -2.09. The van der Waals surface area contributed by atoms with Gasteiger partial charge in [0.1, 0.15) is 5.82 Å². The Balaban J connectivity index is 2.19. The second-order valence-corrected chi connectivity index (χ2v) is 4.89.